The summed E-state index contributed by atoms with van der Waals surface area (Å²) < 4.78 is 5.40. The van der Waals surface area contributed by atoms with Crippen molar-refractivity contribution in [2.24, 2.45) is 0 Å². The maximum atomic E-state index is 5.40. The summed E-state index contributed by atoms with van der Waals surface area (Å²) in [5, 5.41) is 4.21. The molecule has 0 fully saturated rings. The minimum absolute atomic E-state index is 0.176. The van der Waals surface area contributed by atoms with Crippen LogP contribution >= 0.6 is 11.3 Å². The molecule has 3 nitrogen and oxygen atoms in total. The average Bonchev–Trinajstić information content (AvgIpc) is 2.63. The van der Waals surface area contributed by atoms with Crippen LogP contribution in [0.25, 0.3) is 0 Å². The van der Waals surface area contributed by atoms with Gasteiger partial charge in [-0.05, 0) is 13.5 Å². The van der Waals surface area contributed by atoms with Gasteiger partial charge in [0, 0.05) is 24.7 Å². The van der Waals surface area contributed by atoms with Crippen LogP contribution in [0.4, 0.5) is 0 Å². The summed E-state index contributed by atoms with van der Waals surface area (Å²) in [6.45, 7) is 3.05. The highest BCUT2D eigenvalue weighted by Crippen LogP contribution is 2.26. The van der Waals surface area contributed by atoms with Gasteiger partial charge >= 0.3 is 0 Å². The van der Waals surface area contributed by atoms with Gasteiger partial charge in [0.25, 0.3) is 0 Å². The van der Waals surface area contributed by atoms with E-state index < -0.39 is 0 Å². The summed E-state index contributed by atoms with van der Waals surface area (Å²) in [5.41, 5.74) is 0. The van der Waals surface area contributed by atoms with Gasteiger partial charge in [0.15, 0.2) is 0 Å². The number of ether oxygens (including phenoxy) is 1. The molecule has 1 aromatic rings. The highest BCUT2D eigenvalue weighted by molar-refractivity contribution is 7.11. The number of hydrogen-bond acceptors (Lipinski definition) is 4. The second-order valence-electron chi connectivity index (χ2n) is 3.21. The van der Waals surface area contributed by atoms with Crippen LogP contribution in [0.1, 0.15) is 35.8 Å². The van der Waals surface area contributed by atoms with E-state index >= 15 is 0 Å². The fourth-order valence-corrected chi connectivity index (χ4v) is 2.37. The summed E-state index contributed by atoms with van der Waals surface area (Å²) in [7, 11) is 3.69. The van der Waals surface area contributed by atoms with Crippen molar-refractivity contribution in [1.29, 1.82) is 0 Å². The number of nitrogens with zero attached hydrogens (tertiary/aromatic N) is 1. The largest absolute Gasteiger partial charge is 0.374 e. The minimum Gasteiger partial charge on any atom is -0.374 e. The first-order valence-electron chi connectivity index (χ1n) is 4.93. The molecule has 0 radical (unpaired) electrons. The van der Waals surface area contributed by atoms with Crippen LogP contribution in [0.5, 0.6) is 0 Å². The summed E-state index contributed by atoms with van der Waals surface area (Å²) in [4.78, 5) is 5.64. The molecule has 1 atom stereocenters. The number of thiazole rings is 1. The lowest BCUT2D eigenvalue weighted by Crippen LogP contribution is -2.02. The third-order valence-corrected chi connectivity index (χ3v) is 3.12. The Morgan fingerprint density at radius 3 is 3.00 bits per heavy atom. The lowest BCUT2D eigenvalue weighted by atomic mass is 10.2. The molecule has 14 heavy (non-hydrogen) atoms. The van der Waals surface area contributed by atoms with Crippen LogP contribution in [-0.2, 0) is 11.3 Å². The Kier molecular flexibility index (Phi) is 5.07. The molecule has 0 saturated carbocycles. The first-order chi connectivity index (χ1) is 6.81. The second-order valence-corrected chi connectivity index (χ2v) is 4.35. The Balaban J connectivity index is 2.63. The van der Waals surface area contributed by atoms with Crippen molar-refractivity contribution in [2.75, 3.05) is 14.2 Å². The summed E-state index contributed by atoms with van der Waals surface area (Å²) in [6.07, 6.45) is 4.27. The standard InChI is InChI=1S/C10H18N2OS/c1-4-5-9(13-3)10-12-7-8(14-10)6-11-2/h7,9,11H,4-6H2,1-3H3. The van der Waals surface area contributed by atoms with Gasteiger partial charge in [-0.15, -0.1) is 11.3 Å². The fourth-order valence-electron chi connectivity index (χ4n) is 1.33. The molecule has 0 amide bonds. The predicted octanol–water partition coefficient (Wildman–Crippen LogP) is 2.35. The molecule has 0 bridgehead atoms. The van der Waals surface area contributed by atoms with E-state index in [0.29, 0.717) is 0 Å². The van der Waals surface area contributed by atoms with Gasteiger partial charge in [-0.1, -0.05) is 13.3 Å². The maximum absolute atomic E-state index is 5.40. The number of rotatable bonds is 6. The Labute approximate surface area is 89.5 Å². The third-order valence-electron chi connectivity index (χ3n) is 2.03. The van der Waals surface area contributed by atoms with E-state index in [2.05, 4.69) is 17.2 Å². The fraction of sp³-hybridized carbons (Fsp3) is 0.700. The first-order valence-corrected chi connectivity index (χ1v) is 5.75. The van der Waals surface area contributed by atoms with Crippen LogP contribution in [0.2, 0.25) is 0 Å². The molecule has 4 heteroatoms. The molecule has 0 aromatic carbocycles. The van der Waals surface area contributed by atoms with Gasteiger partial charge in [0.2, 0.25) is 0 Å². The molecule has 1 rings (SSSR count). The normalized spacial score (nSPS) is 13.1. The van der Waals surface area contributed by atoms with Crippen LogP contribution in [0, 0.1) is 0 Å². The summed E-state index contributed by atoms with van der Waals surface area (Å²) >= 11 is 1.73. The number of nitrogens with one attached hydrogen (secondary N) is 1. The van der Waals surface area contributed by atoms with Crippen LogP contribution in [0.3, 0.4) is 0 Å². The zero-order valence-electron chi connectivity index (χ0n) is 9.04. The molecule has 1 N–H and O–H groups in total. The van der Waals surface area contributed by atoms with Crippen molar-refractivity contribution in [1.82, 2.24) is 10.3 Å². The molecule has 80 valence electrons. The SMILES string of the molecule is CCCC(OC)c1ncc(CNC)s1. The Morgan fingerprint density at radius 1 is 1.64 bits per heavy atom. The Hall–Kier alpha value is -0.450. The number of methoxy groups -OCH3 is 1. The highest BCUT2D eigenvalue weighted by Gasteiger charge is 2.13. The lowest BCUT2D eigenvalue weighted by Gasteiger charge is -2.10. The minimum atomic E-state index is 0.176. The van der Waals surface area contributed by atoms with E-state index in [1.54, 1.807) is 18.4 Å². The van der Waals surface area contributed by atoms with Gasteiger partial charge in [0.05, 0.1) is 0 Å². The zero-order chi connectivity index (χ0) is 10.4. The molecule has 1 aromatic heterocycles. The van der Waals surface area contributed by atoms with Gasteiger partial charge in [-0.2, -0.15) is 0 Å². The molecule has 0 aliphatic carbocycles. The molecular formula is C10H18N2OS. The summed E-state index contributed by atoms with van der Waals surface area (Å²) in [6, 6.07) is 0. The molecule has 1 heterocycles. The van der Waals surface area contributed by atoms with E-state index in [4.69, 9.17) is 4.74 Å². The average molecular weight is 214 g/mol. The van der Waals surface area contributed by atoms with Crippen molar-refractivity contribution in [2.45, 2.75) is 32.4 Å². The second kappa shape index (κ2) is 6.11. The van der Waals surface area contributed by atoms with E-state index in [9.17, 15) is 0 Å². The molecule has 0 aliphatic heterocycles. The van der Waals surface area contributed by atoms with Gasteiger partial charge in [-0.25, -0.2) is 4.98 Å². The van der Waals surface area contributed by atoms with E-state index in [1.807, 2.05) is 13.2 Å². The third kappa shape index (κ3) is 3.04. The number of hydrogen-bond donors (Lipinski definition) is 1. The number of aromatic nitrogens is 1. The topological polar surface area (TPSA) is 34.1 Å². The van der Waals surface area contributed by atoms with E-state index in [0.717, 1.165) is 24.4 Å². The monoisotopic (exact) mass is 214 g/mol. The van der Waals surface area contributed by atoms with Crippen molar-refractivity contribution >= 4 is 11.3 Å². The van der Waals surface area contributed by atoms with Crippen molar-refractivity contribution in [3.05, 3.63) is 16.1 Å². The van der Waals surface area contributed by atoms with Crippen LogP contribution in [0.15, 0.2) is 6.20 Å². The Morgan fingerprint density at radius 2 is 2.43 bits per heavy atom. The molecule has 0 saturated heterocycles. The lowest BCUT2D eigenvalue weighted by molar-refractivity contribution is 0.0947. The van der Waals surface area contributed by atoms with Crippen LogP contribution < -0.4 is 5.32 Å². The quantitative estimate of drug-likeness (QED) is 0.789. The van der Waals surface area contributed by atoms with E-state index in [1.165, 1.54) is 4.88 Å². The first kappa shape index (κ1) is 11.6. The van der Waals surface area contributed by atoms with Crippen LogP contribution in [-0.4, -0.2) is 19.1 Å². The molecule has 0 aliphatic rings. The van der Waals surface area contributed by atoms with Gasteiger partial charge in [0.1, 0.15) is 11.1 Å². The van der Waals surface area contributed by atoms with Crippen molar-refractivity contribution in [3.63, 3.8) is 0 Å². The Bertz CT molecular complexity index is 262. The van der Waals surface area contributed by atoms with Crippen molar-refractivity contribution in [3.8, 4) is 0 Å². The van der Waals surface area contributed by atoms with Gasteiger partial charge < -0.3 is 10.1 Å². The molecule has 0 spiro atoms. The van der Waals surface area contributed by atoms with E-state index in [-0.39, 0.29) is 6.10 Å². The van der Waals surface area contributed by atoms with Gasteiger partial charge in [-0.3, -0.25) is 0 Å². The maximum Gasteiger partial charge on any atom is 0.122 e. The highest BCUT2D eigenvalue weighted by atomic mass is 32.1. The van der Waals surface area contributed by atoms with Crippen molar-refractivity contribution < 1.29 is 4.74 Å². The molecular weight excluding hydrogens is 196 g/mol. The molecule has 1 unspecified atom stereocenters. The predicted molar refractivity (Wildman–Crippen MR) is 59.5 cm³/mol. The smallest absolute Gasteiger partial charge is 0.122 e. The zero-order valence-corrected chi connectivity index (χ0v) is 9.86. The summed E-state index contributed by atoms with van der Waals surface area (Å²) in [5.74, 6) is 0.